The Morgan fingerprint density at radius 3 is 2.73 bits per heavy atom. The molecule has 1 saturated heterocycles. The molecule has 0 bridgehead atoms. The van der Waals surface area contributed by atoms with Crippen LogP contribution >= 0.6 is 11.6 Å². The fourth-order valence-electron chi connectivity index (χ4n) is 2.88. The quantitative estimate of drug-likeness (QED) is 0.817. The van der Waals surface area contributed by atoms with Crippen molar-refractivity contribution in [3.8, 4) is 5.75 Å². The number of piperazine rings is 1. The molecule has 1 aromatic heterocycles. The molecule has 0 radical (unpaired) electrons. The van der Waals surface area contributed by atoms with Crippen molar-refractivity contribution in [2.45, 2.75) is 6.92 Å². The number of ether oxygens (including phenoxy) is 1. The number of nitrogens with one attached hydrogen (secondary N) is 1. The van der Waals surface area contributed by atoms with Crippen LogP contribution in [0.3, 0.4) is 0 Å². The largest absolute Gasteiger partial charge is 0.491 e. The number of anilines is 1. The van der Waals surface area contributed by atoms with Crippen molar-refractivity contribution in [1.82, 2.24) is 15.2 Å². The second kappa shape index (κ2) is 8.76. The average molecular weight is 375 g/mol. The lowest BCUT2D eigenvalue weighted by Gasteiger charge is -2.35. The van der Waals surface area contributed by atoms with Crippen LogP contribution in [0, 0.1) is 6.92 Å². The summed E-state index contributed by atoms with van der Waals surface area (Å²) in [5, 5.41) is 3.60. The van der Waals surface area contributed by atoms with Crippen molar-refractivity contribution < 1.29 is 9.53 Å². The van der Waals surface area contributed by atoms with Gasteiger partial charge in [0.1, 0.15) is 18.2 Å². The zero-order chi connectivity index (χ0) is 18.4. The van der Waals surface area contributed by atoms with Crippen LogP contribution in [-0.4, -0.2) is 55.2 Å². The highest BCUT2D eigenvalue weighted by atomic mass is 35.5. The van der Waals surface area contributed by atoms with Gasteiger partial charge in [0.05, 0.1) is 6.54 Å². The van der Waals surface area contributed by atoms with Gasteiger partial charge in [-0.2, -0.15) is 0 Å². The lowest BCUT2D eigenvalue weighted by molar-refractivity contribution is 0.191. The van der Waals surface area contributed by atoms with Crippen molar-refractivity contribution in [3.63, 3.8) is 0 Å². The lowest BCUT2D eigenvalue weighted by Crippen LogP contribution is -2.52. The topological polar surface area (TPSA) is 57.7 Å². The SMILES string of the molecule is Cc1cc(Cl)ccc1OCCNC(=O)N1CCN(c2ccccn2)CC1. The Bertz CT molecular complexity index is 734. The molecular weight excluding hydrogens is 352 g/mol. The van der Waals surface area contributed by atoms with Crippen LogP contribution in [0.4, 0.5) is 10.6 Å². The highest BCUT2D eigenvalue weighted by molar-refractivity contribution is 6.30. The summed E-state index contributed by atoms with van der Waals surface area (Å²) in [6, 6.07) is 11.3. The second-order valence-electron chi connectivity index (χ2n) is 6.15. The highest BCUT2D eigenvalue weighted by Gasteiger charge is 2.21. The molecule has 26 heavy (non-hydrogen) atoms. The monoisotopic (exact) mass is 374 g/mol. The van der Waals surface area contributed by atoms with E-state index in [0.29, 0.717) is 31.3 Å². The van der Waals surface area contributed by atoms with Crippen LogP contribution < -0.4 is 15.0 Å². The molecule has 1 aliphatic rings. The minimum atomic E-state index is -0.0536. The molecule has 6 nitrogen and oxygen atoms in total. The summed E-state index contributed by atoms with van der Waals surface area (Å²) in [6.07, 6.45) is 1.79. The number of aromatic nitrogens is 1. The first-order valence-corrected chi connectivity index (χ1v) is 9.09. The van der Waals surface area contributed by atoms with Crippen molar-refractivity contribution in [1.29, 1.82) is 0 Å². The van der Waals surface area contributed by atoms with Gasteiger partial charge in [0.2, 0.25) is 0 Å². The van der Waals surface area contributed by atoms with E-state index >= 15 is 0 Å². The maximum atomic E-state index is 12.3. The number of hydrogen-bond acceptors (Lipinski definition) is 4. The van der Waals surface area contributed by atoms with Crippen molar-refractivity contribution in [3.05, 3.63) is 53.2 Å². The Morgan fingerprint density at radius 1 is 1.23 bits per heavy atom. The molecule has 2 amide bonds. The number of rotatable bonds is 5. The number of halogens is 1. The number of benzene rings is 1. The van der Waals surface area contributed by atoms with Crippen molar-refractivity contribution in [2.75, 3.05) is 44.2 Å². The standard InChI is InChI=1S/C19H23ClN4O2/c1-15-14-16(20)5-6-17(15)26-13-8-22-19(25)24-11-9-23(10-12-24)18-4-2-3-7-21-18/h2-7,14H,8-13H2,1H3,(H,22,25). The molecule has 1 N–H and O–H groups in total. The van der Waals surface area contributed by atoms with Crippen molar-refractivity contribution in [2.24, 2.45) is 0 Å². The van der Waals surface area contributed by atoms with Gasteiger partial charge in [-0.1, -0.05) is 17.7 Å². The maximum Gasteiger partial charge on any atom is 0.317 e. The van der Waals surface area contributed by atoms with Gasteiger partial charge in [0.25, 0.3) is 0 Å². The number of aryl methyl sites for hydroxylation is 1. The van der Waals surface area contributed by atoms with Gasteiger partial charge in [-0.05, 0) is 42.8 Å². The van der Waals surface area contributed by atoms with E-state index < -0.39 is 0 Å². The maximum absolute atomic E-state index is 12.3. The smallest absolute Gasteiger partial charge is 0.317 e. The number of urea groups is 1. The summed E-state index contributed by atoms with van der Waals surface area (Å²) in [6.45, 7) is 5.75. The van der Waals surface area contributed by atoms with Gasteiger partial charge >= 0.3 is 6.03 Å². The summed E-state index contributed by atoms with van der Waals surface area (Å²) >= 11 is 5.93. The third kappa shape index (κ3) is 4.79. The highest BCUT2D eigenvalue weighted by Crippen LogP contribution is 2.21. The Balaban J connectivity index is 1.38. The molecule has 138 valence electrons. The van der Waals surface area contributed by atoms with Crippen LogP contribution in [0.15, 0.2) is 42.6 Å². The Morgan fingerprint density at radius 2 is 2.04 bits per heavy atom. The zero-order valence-corrected chi connectivity index (χ0v) is 15.6. The molecule has 3 rings (SSSR count). The molecule has 1 aliphatic heterocycles. The normalized spacial score (nSPS) is 14.2. The van der Waals surface area contributed by atoms with E-state index in [4.69, 9.17) is 16.3 Å². The van der Waals surface area contributed by atoms with Crippen LogP contribution in [0.2, 0.25) is 5.02 Å². The fraction of sp³-hybridized carbons (Fsp3) is 0.368. The summed E-state index contributed by atoms with van der Waals surface area (Å²) in [5.41, 5.74) is 0.981. The number of amides is 2. The van der Waals surface area contributed by atoms with E-state index in [0.717, 1.165) is 30.2 Å². The molecule has 1 fully saturated rings. The summed E-state index contributed by atoms with van der Waals surface area (Å²) in [4.78, 5) is 20.6. The lowest BCUT2D eigenvalue weighted by atomic mass is 10.2. The molecule has 0 unspecified atom stereocenters. The predicted molar refractivity (Wildman–Crippen MR) is 103 cm³/mol. The van der Waals surface area contributed by atoms with E-state index in [9.17, 15) is 4.79 Å². The van der Waals surface area contributed by atoms with Gasteiger partial charge in [0, 0.05) is 37.4 Å². The minimum Gasteiger partial charge on any atom is -0.491 e. The molecule has 0 aliphatic carbocycles. The van der Waals surface area contributed by atoms with Gasteiger partial charge in [-0.3, -0.25) is 0 Å². The first-order valence-electron chi connectivity index (χ1n) is 8.71. The molecule has 0 spiro atoms. The molecule has 0 atom stereocenters. The van der Waals surface area contributed by atoms with Gasteiger partial charge in [-0.25, -0.2) is 9.78 Å². The fourth-order valence-corrected chi connectivity index (χ4v) is 3.11. The van der Waals surface area contributed by atoms with E-state index in [1.807, 2.05) is 42.2 Å². The first kappa shape index (κ1) is 18.3. The molecular formula is C19H23ClN4O2. The second-order valence-corrected chi connectivity index (χ2v) is 6.59. The Hall–Kier alpha value is -2.47. The molecule has 1 aromatic carbocycles. The molecule has 0 saturated carbocycles. The molecule has 2 heterocycles. The Labute approximate surface area is 158 Å². The van der Waals surface area contributed by atoms with E-state index in [1.165, 1.54) is 0 Å². The molecule has 2 aromatic rings. The van der Waals surface area contributed by atoms with E-state index in [2.05, 4.69) is 15.2 Å². The average Bonchev–Trinajstić information content (AvgIpc) is 2.67. The van der Waals surface area contributed by atoms with Crippen molar-refractivity contribution >= 4 is 23.4 Å². The molecule has 7 heteroatoms. The Kier molecular flexibility index (Phi) is 6.17. The third-order valence-corrected chi connectivity index (χ3v) is 4.55. The third-order valence-electron chi connectivity index (χ3n) is 4.31. The van der Waals surface area contributed by atoms with Crippen LogP contribution in [0.1, 0.15) is 5.56 Å². The van der Waals surface area contributed by atoms with Crippen LogP contribution in [0.25, 0.3) is 0 Å². The summed E-state index contributed by atoms with van der Waals surface area (Å²) in [5.74, 6) is 1.74. The minimum absolute atomic E-state index is 0.0536. The number of carbonyl (C=O) groups excluding carboxylic acids is 1. The van der Waals surface area contributed by atoms with Gasteiger partial charge in [-0.15, -0.1) is 0 Å². The zero-order valence-electron chi connectivity index (χ0n) is 14.8. The number of pyridine rings is 1. The number of nitrogens with zero attached hydrogens (tertiary/aromatic N) is 3. The summed E-state index contributed by atoms with van der Waals surface area (Å²) in [7, 11) is 0. The van der Waals surface area contributed by atoms with Gasteiger partial charge in [0.15, 0.2) is 0 Å². The number of carbonyl (C=O) groups is 1. The predicted octanol–water partition coefficient (Wildman–Crippen LogP) is 2.95. The van der Waals surface area contributed by atoms with Gasteiger partial charge < -0.3 is 19.9 Å². The van der Waals surface area contributed by atoms with E-state index in [1.54, 1.807) is 12.3 Å². The number of hydrogen-bond donors (Lipinski definition) is 1. The summed E-state index contributed by atoms with van der Waals surface area (Å²) < 4.78 is 5.70. The first-order chi connectivity index (χ1) is 12.6. The van der Waals surface area contributed by atoms with Crippen LogP contribution in [0.5, 0.6) is 5.75 Å². The van der Waals surface area contributed by atoms with E-state index in [-0.39, 0.29) is 6.03 Å². The van der Waals surface area contributed by atoms with Crippen LogP contribution in [-0.2, 0) is 0 Å².